The average Bonchev–Trinajstić information content (AvgIpc) is 3.14. The maximum Gasteiger partial charge on any atom is 0.254 e. The van der Waals surface area contributed by atoms with Gasteiger partial charge in [0.15, 0.2) is 9.84 Å². The Morgan fingerprint density at radius 3 is 2.57 bits per heavy atom. The monoisotopic (exact) mass is 397 g/mol. The summed E-state index contributed by atoms with van der Waals surface area (Å²) < 4.78 is 29.8. The highest BCUT2D eigenvalue weighted by atomic mass is 79.9. The molecule has 0 bridgehead atoms. The van der Waals surface area contributed by atoms with Gasteiger partial charge in [-0.2, -0.15) is 0 Å². The van der Waals surface area contributed by atoms with Gasteiger partial charge in [-0.3, -0.25) is 4.79 Å². The number of furan rings is 1. The quantitative estimate of drug-likeness (QED) is 0.795. The summed E-state index contributed by atoms with van der Waals surface area (Å²) in [7, 11) is -3.07. The number of benzene rings is 1. The van der Waals surface area contributed by atoms with E-state index in [1.54, 1.807) is 47.6 Å². The molecule has 2 heterocycles. The molecule has 1 aliphatic heterocycles. The first-order valence-corrected chi connectivity index (χ1v) is 9.85. The van der Waals surface area contributed by atoms with Crippen LogP contribution < -0.4 is 0 Å². The number of carbonyl (C=O) groups is 1. The molecule has 0 unspecified atom stereocenters. The maximum absolute atomic E-state index is 12.9. The highest BCUT2D eigenvalue weighted by Crippen LogP contribution is 2.23. The molecular weight excluding hydrogens is 382 g/mol. The van der Waals surface area contributed by atoms with Crippen LogP contribution in [-0.4, -0.2) is 36.8 Å². The largest absolute Gasteiger partial charge is 0.467 e. The molecule has 1 aromatic carbocycles. The van der Waals surface area contributed by atoms with Crippen molar-refractivity contribution in [2.24, 2.45) is 0 Å². The Bertz CT molecular complexity index is 784. The second-order valence-electron chi connectivity index (χ2n) is 5.58. The Morgan fingerprint density at radius 1 is 1.26 bits per heavy atom. The number of hydrogen-bond donors (Lipinski definition) is 0. The van der Waals surface area contributed by atoms with Crippen LogP contribution in [0.2, 0.25) is 0 Å². The molecule has 7 heteroatoms. The van der Waals surface area contributed by atoms with Crippen LogP contribution in [0.25, 0.3) is 0 Å². The molecule has 0 N–H and O–H groups in total. The summed E-state index contributed by atoms with van der Waals surface area (Å²) in [6.07, 6.45) is 2.01. The van der Waals surface area contributed by atoms with Crippen molar-refractivity contribution in [1.29, 1.82) is 0 Å². The number of amides is 1. The topological polar surface area (TPSA) is 67.6 Å². The third kappa shape index (κ3) is 3.84. The normalized spacial score (nSPS) is 19.6. The molecule has 3 rings (SSSR count). The Balaban J connectivity index is 1.88. The van der Waals surface area contributed by atoms with Gasteiger partial charge >= 0.3 is 0 Å². The lowest BCUT2D eigenvalue weighted by Gasteiger charge is -2.27. The lowest BCUT2D eigenvalue weighted by molar-refractivity contribution is 0.0666. The Morgan fingerprint density at radius 2 is 2.00 bits per heavy atom. The first kappa shape index (κ1) is 16.3. The molecule has 1 aromatic heterocycles. The van der Waals surface area contributed by atoms with E-state index < -0.39 is 9.84 Å². The summed E-state index contributed by atoms with van der Waals surface area (Å²) in [5, 5.41) is 0. The molecule has 5 nitrogen and oxygen atoms in total. The summed E-state index contributed by atoms with van der Waals surface area (Å²) in [5.41, 5.74) is 0.532. The molecule has 1 fully saturated rings. The molecule has 1 aliphatic rings. The van der Waals surface area contributed by atoms with Crippen LogP contribution in [0.5, 0.6) is 0 Å². The Labute approximate surface area is 143 Å². The van der Waals surface area contributed by atoms with Crippen molar-refractivity contribution in [2.75, 3.05) is 11.5 Å². The first-order chi connectivity index (χ1) is 10.9. The molecule has 1 saturated heterocycles. The van der Waals surface area contributed by atoms with Crippen molar-refractivity contribution >= 4 is 31.7 Å². The van der Waals surface area contributed by atoms with Gasteiger partial charge in [0.05, 0.1) is 24.3 Å². The van der Waals surface area contributed by atoms with E-state index in [-0.39, 0.29) is 30.0 Å². The van der Waals surface area contributed by atoms with Crippen LogP contribution in [-0.2, 0) is 16.4 Å². The smallest absolute Gasteiger partial charge is 0.254 e. The summed E-state index contributed by atoms with van der Waals surface area (Å²) in [6, 6.07) is 10.3. The van der Waals surface area contributed by atoms with E-state index >= 15 is 0 Å². The standard InChI is InChI=1S/C16H16BrNO4S/c17-13-5-3-12(4-6-13)16(19)18(10-15-2-1-8-22-15)14-7-9-23(20,21)11-14/h1-6,8,14H,7,9-11H2/t14-/m0/s1. The lowest BCUT2D eigenvalue weighted by Crippen LogP contribution is -2.40. The van der Waals surface area contributed by atoms with E-state index in [2.05, 4.69) is 15.9 Å². The van der Waals surface area contributed by atoms with Crippen LogP contribution >= 0.6 is 15.9 Å². The second-order valence-corrected chi connectivity index (χ2v) is 8.72. The molecule has 0 saturated carbocycles. The van der Waals surface area contributed by atoms with Gasteiger partial charge in [-0.05, 0) is 42.8 Å². The van der Waals surface area contributed by atoms with Crippen LogP contribution in [0.1, 0.15) is 22.5 Å². The highest BCUT2D eigenvalue weighted by molar-refractivity contribution is 9.10. The lowest BCUT2D eigenvalue weighted by atomic mass is 10.1. The number of nitrogens with zero attached hydrogens (tertiary/aromatic N) is 1. The van der Waals surface area contributed by atoms with Crippen LogP contribution in [0.3, 0.4) is 0 Å². The predicted octanol–water partition coefficient (Wildman–Crippen LogP) is 2.87. The molecule has 23 heavy (non-hydrogen) atoms. The minimum absolute atomic E-state index is 0.00990. The van der Waals surface area contributed by atoms with E-state index in [1.807, 2.05) is 0 Å². The van der Waals surface area contributed by atoms with Crippen molar-refractivity contribution in [3.63, 3.8) is 0 Å². The molecule has 0 aliphatic carbocycles. The fourth-order valence-electron chi connectivity index (χ4n) is 2.72. The van der Waals surface area contributed by atoms with Crippen molar-refractivity contribution in [2.45, 2.75) is 19.0 Å². The summed E-state index contributed by atoms with van der Waals surface area (Å²) in [5.74, 6) is 0.589. The maximum atomic E-state index is 12.9. The zero-order valence-corrected chi connectivity index (χ0v) is 14.7. The van der Waals surface area contributed by atoms with Crippen molar-refractivity contribution < 1.29 is 17.6 Å². The van der Waals surface area contributed by atoms with Gasteiger partial charge in [-0.25, -0.2) is 8.42 Å². The summed E-state index contributed by atoms with van der Waals surface area (Å²) >= 11 is 3.34. The zero-order valence-electron chi connectivity index (χ0n) is 12.3. The number of hydrogen-bond acceptors (Lipinski definition) is 4. The van der Waals surface area contributed by atoms with Gasteiger partial charge in [0.1, 0.15) is 5.76 Å². The van der Waals surface area contributed by atoms with Crippen LogP contribution in [0, 0.1) is 0 Å². The first-order valence-electron chi connectivity index (χ1n) is 7.24. The number of sulfone groups is 1. The Hall–Kier alpha value is -1.60. The average molecular weight is 398 g/mol. The van der Waals surface area contributed by atoms with E-state index in [1.165, 1.54) is 0 Å². The molecule has 0 spiro atoms. The molecular formula is C16H16BrNO4S. The van der Waals surface area contributed by atoms with Crippen molar-refractivity contribution in [3.05, 3.63) is 58.5 Å². The van der Waals surface area contributed by atoms with E-state index in [4.69, 9.17) is 4.42 Å². The SMILES string of the molecule is O=C(c1ccc(Br)cc1)N(Cc1ccco1)[C@H]1CCS(=O)(=O)C1. The van der Waals surface area contributed by atoms with Gasteiger partial charge in [-0.15, -0.1) is 0 Å². The van der Waals surface area contributed by atoms with Crippen molar-refractivity contribution in [1.82, 2.24) is 4.90 Å². The number of carbonyl (C=O) groups excluding carboxylic acids is 1. The molecule has 1 atom stereocenters. The zero-order chi connectivity index (χ0) is 16.4. The third-order valence-electron chi connectivity index (χ3n) is 3.91. The minimum atomic E-state index is -3.07. The second kappa shape index (κ2) is 6.49. The fourth-order valence-corrected chi connectivity index (χ4v) is 4.71. The number of halogens is 1. The van der Waals surface area contributed by atoms with E-state index in [9.17, 15) is 13.2 Å². The van der Waals surface area contributed by atoms with Gasteiger partial charge in [0.2, 0.25) is 0 Å². The van der Waals surface area contributed by atoms with E-state index in [0.29, 0.717) is 17.7 Å². The van der Waals surface area contributed by atoms with Crippen LogP contribution in [0.4, 0.5) is 0 Å². The predicted molar refractivity (Wildman–Crippen MR) is 89.8 cm³/mol. The fraction of sp³-hybridized carbons (Fsp3) is 0.312. The third-order valence-corrected chi connectivity index (χ3v) is 6.19. The van der Waals surface area contributed by atoms with Gasteiger partial charge < -0.3 is 9.32 Å². The van der Waals surface area contributed by atoms with Crippen molar-refractivity contribution in [3.8, 4) is 0 Å². The van der Waals surface area contributed by atoms with Gasteiger partial charge in [-0.1, -0.05) is 15.9 Å². The molecule has 0 radical (unpaired) electrons. The van der Waals surface area contributed by atoms with Crippen LogP contribution in [0.15, 0.2) is 51.6 Å². The summed E-state index contributed by atoms with van der Waals surface area (Å²) in [6.45, 7) is 0.266. The molecule has 1 amide bonds. The van der Waals surface area contributed by atoms with Gasteiger partial charge in [0, 0.05) is 16.1 Å². The molecule has 122 valence electrons. The number of rotatable bonds is 4. The molecule has 2 aromatic rings. The van der Waals surface area contributed by atoms with Gasteiger partial charge in [0.25, 0.3) is 5.91 Å². The Kier molecular flexibility index (Phi) is 4.59. The van der Waals surface area contributed by atoms with E-state index in [0.717, 1.165) is 4.47 Å². The minimum Gasteiger partial charge on any atom is -0.467 e. The highest BCUT2D eigenvalue weighted by Gasteiger charge is 2.35. The summed E-state index contributed by atoms with van der Waals surface area (Å²) in [4.78, 5) is 14.5.